The first-order chi connectivity index (χ1) is 10.0. The third kappa shape index (κ3) is 2.93. The van der Waals surface area contributed by atoms with Crippen molar-refractivity contribution >= 4 is 5.71 Å². The van der Waals surface area contributed by atoms with Gasteiger partial charge in [-0.15, -0.1) is 0 Å². The fourth-order valence-corrected chi connectivity index (χ4v) is 5.75. The third-order valence-electron chi connectivity index (χ3n) is 7.36. The molecule has 21 heavy (non-hydrogen) atoms. The summed E-state index contributed by atoms with van der Waals surface area (Å²) in [7, 11) is 0. The largest absolute Gasteiger partial charge is 0.393 e. The molecule has 3 aliphatic rings. The van der Waals surface area contributed by atoms with Gasteiger partial charge in [-0.2, -0.15) is 0 Å². The van der Waals surface area contributed by atoms with Crippen molar-refractivity contribution < 1.29 is 5.11 Å². The molecule has 2 nitrogen and oxygen atoms in total. The van der Waals surface area contributed by atoms with E-state index in [0.29, 0.717) is 11.3 Å². The molecule has 0 aromatic carbocycles. The summed E-state index contributed by atoms with van der Waals surface area (Å²) in [6.45, 7) is 4.78. The molecule has 0 amide bonds. The van der Waals surface area contributed by atoms with Gasteiger partial charge in [0, 0.05) is 5.71 Å². The third-order valence-corrected chi connectivity index (χ3v) is 7.36. The van der Waals surface area contributed by atoms with Crippen LogP contribution in [-0.2, 0) is 0 Å². The number of nitrogens with one attached hydrogen (secondary N) is 1. The monoisotopic (exact) mass is 291 g/mol. The van der Waals surface area contributed by atoms with Crippen LogP contribution < -0.4 is 0 Å². The van der Waals surface area contributed by atoms with Crippen LogP contribution in [0.2, 0.25) is 0 Å². The summed E-state index contributed by atoms with van der Waals surface area (Å²) in [6, 6.07) is 0. The van der Waals surface area contributed by atoms with E-state index in [-0.39, 0.29) is 6.10 Å². The lowest BCUT2D eigenvalue weighted by atomic mass is 9.51. The van der Waals surface area contributed by atoms with Crippen LogP contribution in [-0.4, -0.2) is 16.9 Å². The van der Waals surface area contributed by atoms with E-state index in [0.717, 1.165) is 42.7 Å². The maximum atomic E-state index is 10.2. The average Bonchev–Trinajstić information content (AvgIpc) is 2.52. The summed E-state index contributed by atoms with van der Waals surface area (Å²) >= 11 is 0. The Morgan fingerprint density at radius 2 is 1.90 bits per heavy atom. The predicted octanol–water partition coefficient (Wildman–Crippen LogP) is 4.80. The zero-order valence-corrected chi connectivity index (χ0v) is 13.9. The molecule has 0 heterocycles. The van der Waals surface area contributed by atoms with Crippen molar-refractivity contribution in [3.05, 3.63) is 0 Å². The lowest BCUT2D eigenvalue weighted by molar-refractivity contribution is -0.0243. The van der Waals surface area contributed by atoms with E-state index < -0.39 is 0 Å². The van der Waals surface area contributed by atoms with Gasteiger partial charge in [0.2, 0.25) is 0 Å². The molecule has 0 saturated heterocycles. The van der Waals surface area contributed by atoms with Crippen LogP contribution in [0.5, 0.6) is 0 Å². The minimum Gasteiger partial charge on any atom is -0.393 e. The smallest absolute Gasteiger partial charge is 0.0565 e. The first-order valence-electron chi connectivity index (χ1n) is 9.25. The highest BCUT2D eigenvalue weighted by atomic mass is 16.3. The second kappa shape index (κ2) is 6.02. The molecule has 0 radical (unpaired) electrons. The minimum absolute atomic E-state index is 0.0757. The zero-order chi connectivity index (χ0) is 15.0. The maximum absolute atomic E-state index is 10.2. The van der Waals surface area contributed by atoms with Crippen molar-refractivity contribution in [1.82, 2.24) is 0 Å². The van der Waals surface area contributed by atoms with Gasteiger partial charge in [0.25, 0.3) is 0 Å². The Kier molecular flexibility index (Phi) is 4.45. The number of hydrogen-bond acceptors (Lipinski definition) is 2. The predicted molar refractivity (Wildman–Crippen MR) is 87.6 cm³/mol. The van der Waals surface area contributed by atoms with E-state index in [4.69, 9.17) is 5.41 Å². The van der Waals surface area contributed by atoms with Gasteiger partial charge in [-0.3, -0.25) is 0 Å². The Morgan fingerprint density at radius 1 is 1.10 bits per heavy atom. The first-order valence-corrected chi connectivity index (χ1v) is 9.25. The van der Waals surface area contributed by atoms with Crippen LogP contribution in [0.3, 0.4) is 0 Å². The molecule has 3 aliphatic carbocycles. The Balaban J connectivity index is 1.80. The van der Waals surface area contributed by atoms with Crippen LogP contribution in [0.4, 0.5) is 0 Å². The molecule has 2 N–H and O–H groups in total. The SMILES string of the molecule is CC1CCC2C(CCCC1O)CCC1CC(=N)CCC12C. The molecule has 0 aromatic heterocycles. The number of aliphatic hydroxyl groups is 1. The first kappa shape index (κ1) is 15.5. The van der Waals surface area contributed by atoms with Crippen LogP contribution in [0, 0.1) is 34.5 Å². The van der Waals surface area contributed by atoms with E-state index in [1.165, 1.54) is 44.9 Å². The lowest BCUT2D eigenvalue weighted by Gasteiger charge is -2.54. The molecule has 0 aliphatic heterocycles. The zero-order valence-electron chi connectivity index (χ0n) is 13.9. The van der Waals surface area contributed by atoms with Gasteiger partial charge in [0.05, 0.1) is 6.10 Å². The van der Waals surface area contributed by atoms with E-state index >= 15 is 0 Å². The van der Waals surface area contributed by atoms with E-state index in [1.807, 2.05) is 0 Å². The summed E-state index contributed by atoms with van der Waals surface area (Å²) < 4.78 is 0. The Morgan fingerprint density at radius 3 is 2.71 bits per heavy atom. The number of fused-ring (bicyclic) bond motifs is 3. The second-order valence-electron chi connectivity index (χ2n) is 8.51. The van der Waals surface area contributed by atoms with Crippen molar-refractivity contribution in [2.24, 2.45) is 29.1 Å². The Labute approximate surface area is 130 Å². The van der Waals surface area contributed by atoms with Gasteiger partial charge in [-0.1, -0.05) is 26.7 Å². The van der Waals surface area contributed by atoms with Crippen LogP contribution in [0.15, 0.2) is 0 Å². The van der Waals surface area contributed by atoms with Crippen molar-refractivity contribution in [3.8, 4) is 0 Å². The van der Waals surface area contributed by atoms with Crippen LogP contribution in [0.1, 0.15) is 78.1 Å². The molecular formula is C19H33NO. The van der Waals surface area contributed by atoms with E-state index in [1.54, 1.807) is 0 Å². The fourth-order valence-electron chi connectivity index (χ4n) is 5.75. The van der Waals surface area contributed by atoms with Crippen molar-refractivity contribution in [2.75, 3.05) is 0 Å². The molecule has 6 unspecified atom stereocenters. The summed E-state index contributed by atoms with van der Waals surface area (Å²) in [5, 5.41) is 18.3. The quantitative estimate of drug-likeness (QED) is 0.661. The van der Waals surface area contributed by atoms with Crippen molar-refractivity contribution in [1.29, 1.82) is 5.41 Å². The standard InChI is InChI=1S/C19H33NO/c1-13-6-9-17-14(4-3-5-18(13)21)7-8-15-12-16(20)10-11-19(15,17)2/h13-15,17-18,20-21H,3-12H2,1-2H3. The molecule has 2 heteroatoms. The normalized spacial score (nSPS) is 48.5. The molecule has 3 saturated carbocycles. The van der Waals surface area contributed by atoms with Gasteiger partial charge in [0.1, 0.15) is 0 Å². The Hall–Kier alpha value is -0.370. The molecule has 6 atom stereocenters. The van der Waals surface area contributed by atoms with Crippen molar-refractivity contribution in [2.45, 2.75) is 84.2 Å². The van der Waals surface area contributed by atoms with Crippen molar-refractivity contribution in [3.63, 3.8) is 0 Å². The molecular weight excluding hydrogens is 258 g/mol. The number of aliphatic hydroxyl groups excluding tert-OH is 1. The second-order valence-corrected chi connectivity index (χ2v) is 8.51. The summed E-state index contributed by atoms with van der Waals surface area (Å²) in [5.41, 5.74) is 1.48. The molecule has 0 spiro atoms. The fraction of sp³-hybridized carbons (Fsp3) is 0.947. The van der Waals surface area contributed by atoms with Gasteiger partial charge in [-0.25, -0.2) is 0 Å². The highest BCUT2D eigenvalue weighted by Crippen LogP contribution is 2.57. The molecule has 3 fully saturated rings. The minimum atomic E-state index is -0.0757. The topological polar surface area (TPSA) is 44.1 Å². The van der Waals surface area contributed by atoms with Gasteiger partial charge < -0.3 is 10.5 Å². The van der Waals surface area contributed by atoms with Gasteiger partial charge in [0.15, 0.2) is 0 Å². The lowest BCUT2D eigenvalue weighted by Crippen LogP contribution is -2.47. The highest BCUT2D eigenvalue weighted by molar-refractivity contribution is 5.82. The molecule has 3 rings (SSSR count). The van der Waals surface area contributed by atoms with Gasteiger partial charge in [-0.05, 0) is 80.5 Å². The summed E-state index contributed by atoms with van der Waals surface area (Å²) in [6.07, 6.45) is 12.0. The average molecular weight is 291 g/mol. The summed E-state index contributed by atoms with van der Waals surface area (Å²) in [5.74, 6) is 2.96. The molecule has 0 bridgehead atoms. The van der Waals surface area contributed by atoms with E-state index in [2.05, 4.69) is 13.8 Å². The van der Waals surface area contributed by atoms with E-state index in [9.17, 15) is 5.11 Å². The number of hydrogen-bond donors (Lipinski definition) is 2. The highest BCUT2D eigenvalue weighted by Gasteiger charge is 2.49. The van der Waals surface area contributed by atoms with Crippen LogP contribution in [0.25, 0.3) is 0 Å². The van der Waals surface area contributed by atoms with Crippen LogP contribution >= 0.6 is 0 Å². The summed E-state index contributed by atoms with van der Waals surface area (Å²) in [4.78, 5) is 0. The molecule has 0 aromatic rings. The Bertz CT molecular complexity index is 393. The van der Waals surface area contributed by atoms with Gasteiger partial charge >= 0.3 is 0 Å². The number of rotatable bonds is 0. The molecule has 120 valence electrons. The maximum Gasteiger partial charge on any atom is 0.0565 e.